The van der Waals surface area contributed by atoms with Crippen LogP contribution in [0.15, 0.2) is 10.9 Å². The molecule has 5 heteroatoms. The first-order valence-corrected chi connectivity index (χ1v) is 7.67. The highest BCUT2D eigenvalue weighted by atomic mass is 16.3. The van der Waals surface area contributed by atoms with Gasteiger partial charge in [-0.15, -0.1) is 0 Å². The van der Waals surface area contributed by atoms with Gasteiger partial charge in [-0.05, 0) is 25.2 Å². The normalized spacial score (nSPS) is 23.4. The molecule has 1 saturated heterocycles. The summed E-state index contributed by atoms with van der Waals surface area (Å²) in [4.78, 5) is 14.1. The van der Waals surface area contributed by atoms with Crippen LogP contribution in [-0.2, 0) is 13.1 Å². The maximum absolute atomic E-state index is 11.8. The van der Waals surface area contributed by atoms with Gasteiger partial charge in [0.25, 0.3) is 0 Å². The molecule has 0 aromatic carbocycles. The fourth-order valence-electron chi connectivity index (χ4n) is 3.52. The van der Waals surface area contributed by atoms with E-state index in [1.54, 1.807) is 0 Å². The van der Waals surface area contributed by atoms with E-state index < -0.39 is 0 Å². The highest BCUT2D eigenvalue weighted by Crippen LogP contribution is 2.24. The average molecular weight is 294 g/mol. The third kappa shape index (κ3) is 3.66. The molecular weight excluding hydrogens is 268 g/mol. The molecular formula is C16H26N2O3. The van der Waals surface area contributed by atoms with E-state index in [2.05, 4.69) is 18.7 Å². The third-order valence-electron chi connectivity index (χ3n) is 4.24. The quantitative estimate of drug-likeness (QED) is 0.879. The van der Waals surface area contributed by atoms with Gasteiger partial charge in [0.2, 0.25) is 5.43 Å². The molecule has 1 aromatic rings. The molecule has 0 bridgehead atoms. The maximum atomic E-state index is 11.8. The van der Waals surface area contributed by atoms with Gasteiger partial charge in [0.05, 0.1) is 12.3 Å². The lowest BCUT2D eigenvalue weighted by Gasteiger charge is -2.35. The van der Waals surface area contributed by atoms with Gasteiger partial charge in [0.1, 0.15) is 0 Å². The monoisotopic (exact) mass is 294 g/mol. The van der Waals surface area contributed by atoms with E-state index in [1.165, 1.54) is 12.5 Å². The van der Waals surface area contributed by atoms with Crippen molar-refractivity contribution in [2.24, 2.45) is 11.8 Å². The molecule has 2 unspecified atom stereocenters. The van der Waals surface area contributed by atoms with Crippen molar-refractivity contribution in [1.82, 2.24) is 9.47 Å². The summed E-state index contributed by atoms with van der Waals surface area (Å²) in [7, 11) is 0. The molecule has 2 heterocycles. The Morgan fingerprint density at radius 1 is 1.29 bits per heavy atom. The SMILES string of the molecule is Cc1cc(=O)c(O)c(CN2CC(C)CC(C)C2)n1CCO. The van der Waals surface area contributed by atoms with E-state index in [0.717, 1.165) is 18.8 Å². The maximum Gasteiger partial charge on any atom is 0.223 e. The molecule has 1 aliphatic rings. The lowest BCUT2D eigenvalue weighted by atomic mass is 9.92. The number of likely N-dealkylation sites (tertiary alicyclic amines) is 1. The van der Waals surface area contributed by atoms with Crippen LogP contribution in [0.5, 0.6) is 5.75 Å². The van der Waals surface area contributed by atoms with Crippen LogP contribution in [0.25, 0.3) is 0 Å². The van der Waals surface area contributed by atoms with Gasteiger partial charge in [0, 0.05) is 37.9 Å². The molecule has 5 nitrogen and oxygen atoms in total. The Labute approximate surface area is 125 Å². The number of aliphatic hydroxyl groups is 1. The Bertz CT molecular complexity index is 543. The largest absolute Gasteiger partial charge is 0.503 e. The Morgan fingerprint density at radius 2 is 1.90 bits per heavy atom. The average Bonchev–Trinajstić information content (AvgIpc) is 2.39. The standard InChI is InChI=1S/C16H26N2O3/c1-11-6-12(2)9-17(8-11)10-14-16(21)15(20)7-13(3)18(14)4-5-19/h7,11-12,19,21H,4-6,8-10H2,1-3H3. The van der Waals surface area contributed by atoms with Crippen molar-refractivity contribution in [1.29, 1.82) is 0 Å². The fraction of sp³-hybridized carbons (Fsp3) is 0.688. The van der Waals surface area contributed by atoms with Gasteiger partial charge >= 0.3 is 0 Å². The van der Waals surface area contributed by atoms with E-state index in [-0.39, 0.29) is 17.8 Å². The number of rotatable bonds is 4. The number of aromatic hydroxyl groups is 1. The van der Waals surface area contributed by atoms with E-state index in [9.17, 15) is 15.0 Å². The number of hydrogen-bond acceptors (Lipinski definition) is 4. The zero-order valence-corrected chi connectivity index (χ0v) is 13.2. The minimum atomic E-state index is -0.338. The number of aromatic nitrogens is 1. The molecule has 2 N–H and O–H groups in total. The van der Waals surface area contributed by atoms with Crippen LogP contribution < -0.4 is 5.43 Å². The van der Waals surface area contributed by atoms with Gasteiger partial charge in [-0.3, -0.25) is 9.69 Å². The first-order valence-electron chi connectivity index (χ1n) is 7.67. The second-order valence-electron chi connectivity index (χ2n) is 6.46. The number of aryl methyl sites for hydroxylation is 1. The number of nitrogens with zero attached hydrogens (tertiary/aromatic N) is 2. The van der Waals surface area contributed by atoms with Crippen molar-refractivity contribution in [2.75, 3.05) is 19.7 Å². The predicted molar refractivity (Wildman–Crippen MR) is 82.4 cm³/mol. The summed E-state index contributed by atoms with van der Waals surface area (Å²) in [5.74, 6) is 1.07. The van der Waals surface area contributed by atoms with Gasteiger partial charge in [-0.25, -0.2) is 0 Å². The topological polar surface area (TPSA) is 65.7 Å². The molecule has 2 rings (SSSR count). The number of pyridine rings is 1. The first-order chi connectivity index (χ1) is 9.92. The lowest BCUT2D eigenvalue weighted by Crippen LogP contribution is -2.39. The summed E-state index contributed by atoms with van der Waals surface area (Å²) in [5, 5.41) is 19.4. The minimum absolute atomic E-state index is 0.0110. The van der Waals surface area contributed by atoms with Crippen molar-refractivity contribution >= 4 is 0 Å². The number of hydrogen-bond donors (Lipinski definition) is 2. The zero-order chi connectivity index (χ0) is 15.6. The van der Waals surface area contributed by atoms with E-state index >= 15 is 0 Å². The number of aliphatic hydroxyl groups excluding tert-OH is 1. The van der Waals surface area contributed by atoms with Gasteiger partial charge in [-0.2, -0.15) is 0 Å². The molecule has 0 aliphatic carbocycles. The van der Waals surface area contributed by atoms with Gasteiger partial charge in [0.15, 0.2) is 5.75 Å². The van der Waals surface area contributed by atoms with Crippen LogP contribution in [0.1, 0.15) is 31.7 Å². The summed E-state index contributed by atoms with van der Waals surface area (Å²) in [5.41, 5.74) is 1.06. The van der Waals surface area contributed by atoms with Crippen LogP contribution in [0, 0.1) is 18.8 Å². The Kier molecular flexibility index (Phi) is 5.06. The highest BCUT2D eigenvalue weighted by molar-refractivity contribution is 5.29. The van der Waals surface area contributed by atoms with Crippen LogP contribution >= 0.6 is 0 Å². The van der Waals surface area contributed by atoms with Crippen molar-refractivity contribution in [3.8, 4) is 5.75 Å². The molecule has 118 valence electrons. The molecule has 1 aliphatic heterocycles. The summed E-state index contributed by atoms with van der Waals surface area (Å²) in [6.45, 7) is 9.20. The second-order valence-corrected chi connectivity index (χ2v) is 6.46. The minimum Gasteiger partial charge on any atom is -0.503 e. The van der Waals surface area contributed by atoms with Crippen molar-refractivity contribution < 1.29 is 10.2 Å². The van der Waals surface area contributed by atoms with E-state index in [4.69, 9.17) is 0 Å². The Hall–Kier alpha value is -1.33. The van der Waals surface area contributed by atoms with Crippen molar-refractivity contribution in [2.45, 2.75) is 40.3 Å². The molecule has 0 amide bonds. The third-order valence-corrected chi connectivity index (χ3v) is 4.24. The number of piperidine rings is 1. The van der Waals surface area contributed by atoms with Gasteiger partial charge < -0.3 is 14.8 Å². The molecule has 21 heavy (non-hydrogen) atoms. The lowest BCUT2D eigenvalue weighted by molar-refractivity contribution is 0.129. The molecule has 0 spiro atoms. The smallest absolute Gasteiger partial charge is 0.223 e. The first kappa shape index (κ1) is 16.0. The van der Waals surface area contributed by atoms with Crippen LogP contribution in [-0.4, -0.2) is 39.4 Å². The summed E-state index contributed by atoms with van der Waals surface area (Å²) >= 11 is 0. The Morgan fingerprint density at radius 3 is 2.48 bits per heavy atom. The summed E-state index contributed by atoms with van der Waals surface area (Å²) < 4.78 is 1.85. The van der Waals surface area contributed by atoms with Crippen LogP contribution in [0.2, 0.25) is 0 Å². The molecule has 0 saturated carbocycles. The fourth-order valence-corrected chi connectivity index (χ4v) is 3.52. The van der Waals surface area contributed by atoms with Crippen molar-refractivity contribution in [3.63, 3.8) is 0 Å². The summed E-state index contributed by atoms with van der Waals surface area (Å²) in [6, 6.07) is 1.43. The second kappa shape index (κ2) is 6.62. The predicted octanol–water partition coefficient (Wildman–Crippen LogP) is 1.33. The van der Waals surface area contributed by atoms with E-state index in [1.807, 2.05) is 11.5 Å². The highest BCUT2D eigenvalue weighted by Gasteiger charge is 2.24. The van der Waals surface area contributed by atoms with Gasteiger partial charge in [-0.1, -0.05) is 13.8 Å². The molecule has 0 radical (unpaired) electrons. The van der Waals surface area contributed by atoms with Crippen LogP contribution in [0.3, 0.4) is 0 Å². The van der Waals surface area contributed by atoms with Crippen LogP contribution in [0.4, 0.5) is 0 Å². The Balaban J connectivity index is 2.31. The molecule has 2 atom stereocenters. The van der Waals surface area contributed by atoms with Crippen molar-refractivity contribution in [3.05, 3.63) is 27.7 Å². The molecule has 1 fully saturated rings. The zero-order valence-electron chi connectivity index (χ0n) is 13.2. The summed E-state index contributed by atoms with van der Waals surface area (Å²) in [6.07, 6.45) is 1.22. The van der Waals surface area contributed by atoms with E-state index in [0.29, 0.717) is 30.6 Å². The molecule has 1 aromatic heterocycles.